The Morgan fingerprint density at radius 2 is 2.36 bits per heavy atom. The molecule has 4 nitrogen and oxygen atoms in total. The molecule has 0 radical (unpaired) electrons. The van der Waals surface area contributed by atoms with Crippen molar-refractivity contribution in [3.63, 3.8) is 0 Å². The molecular formula is C9H13NO3S. The van der Waals surface area contributed by atoms with E-state index in [9.17, 15) is 4.79 Å². The van der Waals surface area contributed by atoms with Gasteiger partial charge in [-0.15, -0.1) is 11.3 Å². The molecule has 1 aromatic heterocycles. The van der Waals surface area contributed by atoms with E-state index < -0.39 is 5.97 Å². The number of carboxylic acids is 1. The number of thiazole rings is 1. The van der Waals surface area contributed by atoms with Crippen molar-refractivity contribution in [2.24, 2.45) is 0 Å². The van der Waals surface area contributed by atoms with Gasteiger partial charge in [-0.1, -0.05) is 0 Å². The predicted octanol–water partition coefficient (Wildman–Crippen LogP) is 1.81. The van der Waals surface area contributed by atoms with Gasteiger partial charge in [-0.05, 0) is 13.8 Å². The molecule has 0 aliphatic heterocycles. The van der Waals surface area contributed by atoms with Gasteiger partial charge in [-0.3, -0.25) is 0 Å². The molecule has 14 heavy (non-hydrogen) atoms. The smallest absolute Gasteiger partial charge is 0.365 e. The predicted molar refractivity (Wildman–Crippen MR) is 53.9 cm³/mol. The Hall–Kier alpha value is -0.940. The van der Waals surface area contributed by atoms with Crippen LogP contribution >= 0.6 is 11.3 Å². The highest BCUT2D eigenvalue weighted by atomic mass is 32.1. The minimum absolute atomic E-state index is 0.131. The third-order valence-corrected chi connectivity index (χ3v) is 2.77. The van der Waals surface area contributed by atoms with Crippen molar-refractivity contribution in [3.05, 3.63) is 16.1 Å². The summed E-state index contributed by atoms with van der Waals surface area (Å²) in [6, 6.07) is 0. The van der Waals surface area contributed by atoms with Gasteiger partial charge in [0.2, 0.25) is 5.01 Å². The summed E-state index contributed by atoms with van der Waals surface area (Å²) < 4.78 is 5.23. The molecule has 0 bridgehead atoms. The first-order chi connectivity index (χ1) is 6.44. The van der Waals surface area contributed by atoms with Gasteiger partial charge in [0.25, 0.3) is 0 Å². The number of ether oxygens (including phenoxy) is 1. The number of methoxy groups -OCH3 is 1. The van der Waals surface area contributed by atoms with Crippen molar-refractivity contribution >= 4 is 17.3 Å². The average Bonchev–Trinajstić information content (AvgIpc) is 2.52. The van der Waals surface area contributed by atoms with Gasteiger partial charge in [0.1, 0.15) is 0 Å². The van der Waals surface area contributed by atoms with Crippen LogP contribution in [0.5, 0.6) is 0 Å². The first-order valence-electron chi connectivity index (χ1n) is 4.17. The summed E-state index contributed by atoms with van der Waals surface area (Å²) in [6.45, 7) is 3.87. The Morgan fingerprint density at radius 1 is 1.71 bits per heavy atom. The van der Waals surface area contributed by atoms with E-state index in [1.165, 1.54) is 0 Å². The Balaban J connectivity index is 2.73. The lowest BCUT2D eigenvalue weighted by Crippen LogP contribution is -2.25. The highest BCUT2D eigenvalue weighted by Gasteiger charge is 2.19. The van der Waals surface area contributed by atoms with Crippen molar-refractivity contribution in [2.45, 2.75) is 25.9 Å². The van der Waals surface area contributed by atoms with Gasteiger partial charge in [0, 0.05) is 18.9 Å². The Kier molecular flexibility index (Phi) is 3.23. The average molecular weight is 215 g/mol. The summed E-state index contributed by atoms with van der Waals surface area (Å²) in [6.07, 6.45) is 0.618. The van der Waals surface area contributed by atoms with E-state index in [0.29, 0.717) is 6.42 Å². The molecule has 0 unspecified atom stereocenters. The van der Waals surface area contributed by atoms with Crippen molar-refractivity contribution in [1.82, 2.24) is 4.98 Å². The van der Waals surface area contributed by atoms with Crippen LogP contribution in [0.1, 0.15) is 29.3 Å². The van der Waals surface area contributed by atoms with Crippen molar-refractivity contribution in [3.8, 4) is 0 Å². The third-order valence-electron chi connectivity index (χ3n) is 1.89. The minimum atomic E-state index is -0.975. The number of carboxylic acid groups (broad SMARTS) is 1. The Morgan fingerprint density at radius 3 is 2.79 bits per heavy atom. The lowest BCUT2D eigenvalue weighted by molar-refractivity contribution is 0.0224. The summed E-state index contributed by atoms with van der Waals surface area (Å²) >= 11 is 1.14. The van der Waals surface area contributed by atoms with Gasteiger partial charge in [0.15, 0.2) is 0 Å². The number of rotatable bonds is 4. The van der Waals surface area contributed by atoms with E-state index in [0.717, 1.165) is 17.0 Å². The summed E-state index contributed by atoms with van der Waals surface area (Å²) in [4.78, 5) is 14.5. The SMILES string of the molecule is COC(C)(C)Cc1csc(C(=O)O)n1. The van der Waals surface area contributed by atoms with E-state index in [1.54, 1.807) is 12.5 Å². The van der Waals surface area contributed by atoms with Gasteiger partial charge in [-0.2, -0.15) is 0 Å². The molecule has 0 spiro atoms. The second-order valence-electron chi connectivity index (χ2n) is 3.59. The topological polar surface area (TPSA) is 59.4 Å². The van der Waals surface area contributed by atoms with Crippen LogP contribution in [-0.4, -0.2) is 28.8 Å². The Labute approximate surface area is 86.6 Å². The van der Waals surface area contributed by atoms with Gasteiger partial charge in [0.05, 0.1) is 11.3 Å². The zero-order valence-electron chi connectivity index (χ0n) is 8.40. The maximum atomic E-state index is 10.6. The van der Waals surface area contributed by atoms with Crippen LogP contribution in [0, 0.1) is 0 Å². The molecule has 78 valence electrons. The number of hydrogen-bond donors (Lipinski definition) is 1. The number of nitrogens with zero attached hydrogens (tertiary/aromatic N) is 1. The molecule has 0 fully saturated rings. The van der Waals surface area contributed by atoms with E-state index in [1.807, 2.05) is 13.8 Å². The van der Waals surface area contributed by atoms with Gasteiger partial charge < -0.3 is 9.84 Å². The largest absolute Gasteiger partial charge is 0.476 e. The number of aromatic nitrogens is 1. The molecule has 0 saturated carbocycles. The molecular weight excluding hydrogens is 202 g/mol. The van der Waals surface area contributed by atoms with E-state index >= 15 is 0 Å². The third kappa shape index (κ3) is 2.78. The van der Waals surface area contributed by atoms with E-state index in [2.05, 4.69) is 4.98 Å². The quantitative estimate of drug-likeness (QED) is 0.832. The van der Waals surface area contributed by atoms with Crippen molar-refractivity contribution in [1.29, 1.82) is 0 Å². The molecule has 0 saturated heterocycles. The molecule has 5 heteroatoms. The van der Waals surface area contributed by atoms with Crippen LogP contribution in [0.3, 0.4) is 0 Å². The number of hydrogen-bond acceptors (Lipinski definition) is 4. The van der Waals surface area contributed by atoms with Crippen molar-refractivity contribution in [2.75, 3.05) is 7.11 Å². The van der Waals surface area contributed by atoms with Crippen molar-refractivity contribution < 1.29 is 14.6 Å². The Bertz CT molecular complexity index is 333. The van der Waals surface area contributed by atoms with Crippen LogP contribution in [-0.2, 0) is 11.2 Å². The first kappa shape index (κ1) is 11.1. The van der Waals surface area contributed by atoms with Crippen LogP contribution in [0.15, 0.2) is 5.38 Å². The van der Waals surface area contributed by atoms with Crippen LogP contribution < -0.4 is 0 Å². The minimum Gasteiger partial charge on any atom is -0.476 e. The lowest BCUT2D eigenvalue weighted by atomic mass is 10.0. The molecule has 1 heterocycles. The molecule has 0 aromatic carbocycles. The molecule has 0 aliphatic rings. The molecule has 0 atom stereocenters. The second kappa shape index (κ2) is 4.06. The number of carbonyl (C=O) groups is 1. The maximum Gasteiger partial charge on any atom is 0.365 e. The molecule has 0 amide bonds. The molecule has 1 N–H and O–H groups in total. The highest BCUT2D eigenvalue weighted by Crippen LogP contribution is 2.18. The normalized spacial score (nSPS) is 11.6. The highest BCUT2D eigenvalue weighted by molar-refractivity contribution is 7.11. The molecule has 1 rings (SSSR count). The van der Waals surface area contributed by atoms with E-state index in [4.69, 9.17) is 9.84 Å². The summed E-state index contributed by atoms with van der Waals surface area (Å²) in [5.74, 6) is -0.975. The maximum absolute atomic E-state index is 10.6. The fourth-order valence-electron chi connectivity index (χ4n) is 0.995. The van der Waals surface area contributed by atoms with Crippen LogP contribution in [0.4, 0.5) is 0 Å². The summed E-state index contributed by atoms with van der Waals surface area (Å²) in [7, 11) is 1.63. The monoisotopic (exact) mass is 215 g/mol. The fourth-order valence-corrected chi connectivity index (χ4v) is 1.65. The van der Waals surface area contributed by atoms with Gasteiger partial charge >= 0.3 is 5.97 Å². The van der Waals surface area contributed by atoms with Crippen LogP contribution in [0.2, 0.25) is 0 Å². The van der Waals surface area contributed by atoms with E-state index in [-0.39, 0.29) is 10.6 Å². The summed E-state index contributed by atoms with van der Waals surface area (Å²) in [5, 5.41) is 10.6. The molecule has 1 aromatic rings. The lowest BCUT2D eigenvalue weighted by Gasteiger charge is -2.21. The second-order valence-corrected chi connectivity index (χ2v) is 4.45. The molecule has 0 aliphatic carbocycles. The number of aromatic carboxylic acids is 1. The van der Waals surface area contributed by atoms with Gasteiger partial charge in [-0.25, -0.2) is 9.78 Å². The first-order valence-corrected chi connectivity index (χ1v) is 5.05. The van der Waals surface area contributed by atoms with Crippen LogP contribution in [0.25, 0.3) is 0 Å². The fraction of sp³-hybridized carbons (Fsp3) is 0.556. The zero-order valence-corrected chi connectivity index (χ0v) is 9.22. The summed E-state index contributed by atoms with van der Waals surface area (Å²) in [5.41, 5.74) is 0.461. The standard InChI is InChI=1S/C9H13NO3S/c1-9(2,13-3)4-6-5-14-7(10-6)8(11)12/h5H,4H2,1-3H3,(H,11,12). The zero-order chi connectivity index (χ0) is 10.8.